The molecular formula is C22H20Cl2N4O3S. The van der Waals surface area contributed by atoms with Gasteiger partial charge in [-0.15, -0.1) is 0 Å². The molecule has 0 saturated carbocycles. The zero-order valence-corrected chi connectivity index (χ0v) is 19.5. The van der Waals surface area contributed by atoms with Gasteiger partial charge in [0, 0.05) is 36.2 Å². The molecule has 0 radical (unpaired) electrons. The van der Waals surface area contributed by atoms with Crippen LogP contribution in [0.3, 0.4) is 0 Å². The summed E-state index contributed by atoms with van der Waals surface area (Å²) in [6, 6.07) is 15.4. The van der Waals surface area contributed by atoms with Gasteiger partial charge in [-0.05, 0) is 53.8 Å². The Bertz CT molecular complexity index is 1080. The normalized spacial score (nSPS) is 14.7. The molecule has 10 heteroatoms. The molecule has 1 saturated heterocycles. The molecule has 1 fully saturated rings. The predicted molar refractivity (Wildman–Crippen MR) is 126 cm³/mol. The molecule has 1 aliphatic heterocycles. The van der Waals surface area contributed by atoms with Crippen LogP contribution in [0.15, 0.2) is 48.5 Å². The second-order valence-corrected chi connectivity index (χ2v) is 9.38. The minimum absolute atomic E-state index is 0.0300. The van der Waals surface area contributed by atoms with Crippen LogP contribution in [0.2, 0.25) is 10.0 Å². The molecule has 0 atom stereocenters. The lowest BCUT2D eigenvalue weighted by atomic mass is 9.96. The number of benzene rings is 2. The van der Waals surface area contributed by atoms with E-state index in [0.717, 1.165) is 22.7 Å². The Labute approximate surface area is 199 Å². The second-order valence-electron chi connectivity index (χ2n) is 7.53. The number of aryl methyl sites for hydroxylation is 1. The largest absolute Gasteiger partial charge is 0.334 e. The number of carbonyl (C=O) groups excluding carboxylic acids is 1. The van der Waals surface area contributed by atoms with Crippen molar-refractivity contribution in [2.45, 2.75) is 13.0 Å². The fourth-order valence-electron chi connectivity index (χ4n) is 3.96. The quantitative estimate of drug-likeness (QED) is 0.362. The molecule has 2 heterocycles. The molecule has 1 aliphatic rings. The number of aromatic nitrogens is 1. The van der Waals surface area contributed by atoms with Crippen LogP contribution in [0.1, 0.15) is 32.5 Å². The number of halogens is 2. The van der Waals surface area contributed by atoms with E-state index in [2.05, 4.69) is 9.27 Å². The lowest BCUT2D eigenvalue weighted by molar-refractivity contribution is -0.385. The van der Waals surface area contributed by atoms with Gasteiger partial charge in [-0.1, -0.05) is 47.5 Å². The summed E-state index contributed by atoms with van der Waals surface area (Å²) in [7, 11) is 0. The van der Waals surface area contributed by atoms with Crippen LogP contribution >= 0.6 is 34.7 Å². The van der Waals surface area contributed by atoms with Crippen LogP contribution < -0.4 is 0 Å². The van der Waals surface area contributed by atoms with Gasteiger partial charge in [0.15, 0.2) is 0 Å². The number of carbonyl (C=O) groups is 1. The Balaban J connectivity index is 1.55. The maximum absolute atomic E-state index is 12.9. The van der Waals surface area contributed by atoms with E-state index < -0.39 is 10.8 Å². The molecule has 0 N–H and O–H groups in total. The van der Waals surface area contributed by atoms with Crippen molar-refractivity contribution in [2.75, 3.05) is 26.2 Å². The summed E-state index contributed by atoms with van der Waals surface area (Å²) < 4.78 is 4.05. The first-order chi connectivity index (χ1) is 15.3. The molecule has 0 aliphatic carbocycles. The summed E-state index contributed by atoms with van der Waals surface area (Å²) in [4.78, 5) is 28.1. The Morgan fingerprint density at radius 1 is 1.00 bits per heavy atom. The van der Waals surface area contributed by atoms with Crippen molar-refractivity contribution in [2.24, 2.45) is 0 Å². The standard InChI is InChI=1S/C22H20Cl2N4O3S/c1-14-20(28(30)31)19(25-32-14)22(29)27-12-10-26(11-13-27)21(15-2-6-17(23)7-3-15)16-4-8-18(24)9-5-16/h2-9,21H,10-13H2,1H3. The highest BCUT2D eigenvalue weighted by molar-refractivity contribution is 7.06. The Kier molecular flexibility index (Phi) is 6.76. The molecule has 3 aromatic rings. The van der Waals surface area contributed by atoms with Crippen molar-refractivity contribution < 1.29 is 9.72 Å². The smallest absolute Gasteiger partial charge is 0.315 e. The zero-order valence-electron chi connectivity index (χ0n) is 17.2. The molecule has 166 valence electrons. The van der Waals surface area contributed by atoms with E-state index in [0.29, 0.717) is 41.1 Å². The van der Waals surface area contributed by atoms with Gasteiger partial charge in [0.1, 0.15) is 4.88 Å². The Morgan fingerprint density at radius 3 is 1.97 bits per heavy atom. The Morgan fingerprint density at radius 2 is 1.50 bits per heavy atom. The van der Waals surface area contributed by atoms with Gasteiger partial charge < -0.3 is 4.90 Å². The summed E-state index contributed by atoms with van der Waals surface area (Å²) in [5.41, 5.74) is 1.91. The van der Waals surface area contributed by atoms with E-state index in [1.54, 1.807) is 11.8 Å². The fourth-order valence-corrected chi connectivity index (χ4v) is 4.86. The Hall–Kier alpha value is -2.52. The van der Waals surface area contributed by atoms with Crippen molar-refractivity contribution >= 4 is 46.3 Å². The van der Waals surface area contributed by atoms with E-state index in [-0.39, 0.29) is 17.4 Å². The third kappa shape index (κ3) is 4.63. The minimum atomic E-state index is -0.528. The van der Waals surface area contributed by atoms with Crippen LogP contribution in [0, 0.1) is 17.0 Å². The van der Waals surface area contributed by atoms with Crippen LogP contribution in [-0.2, 0) is 0 Å². The summed E-state index contributed by atoms with van der Waals surface area (Å²) in [5, 5.41) is 12.7. The van der Waals surface area contributed by atoms with E-state index in [4.69, 9.17) is 23.2 Å². The van der Waals surface area contributed by atoms with Crippen molar-refractivity contribution in [3.8, 4) is 0 Å². The maximum Gasteiger partial charge on any atom is 0.315 e. The van der Waals surface area contributed by atoms with Gasteiger partial charge in [-0.3, -0.25) is 19.8 Å². The molecule has 1 amide bonds. The molecule has 0 spiro atoms. The van der Waals surface area contributed by atoms with Gasteiger partial charge in [0.05, 0.1) is 11.0 Å². The molecule has 4 rings (SSSR count). The predicted octanol–water partition coefficient (Wildman–Crippen LogP) is 5.21. The van der Waals surface area contributed by atoms with E-state index in [1.165, 1.54) is 0 Å². The summed E-state index contributed by atoms with van der Waals surface area (Å²) in [6.07, 6.45) is 0. The van der Waals surface area contributed by atoms with Crippen molar-refractivity contribution in [3.63, 3.8) is 0 Å². The third-order valence-corrected chi connectivity index (χ3v) is 6.80. The van der Waals surface area contributed by atoms with Gasteiger partial charge >= 0.3 is 5.69 Å². The number of hydrogen-bond acceptors (Lipinski definition) is 6. The number of hydrogen-bond donors (Lipinski definition) is 0. The number of amides is 1. The molecule has 1 aromatic heterocycles. The van der Waals surface area contributed by atoms with E-state index >= 15 is 0 Å². The van der Waals surface area contributed by atoms with Crippen molar-refractivity contribution in [3.05, 3.63) is 90.4 Å². The first kappa shape index (κ1) is 22.7. The average molecular weight is 491 g/mol. The first-order valence-electron chi connectivity index (χ1n) is 10.00. The second kappa shape index (κ2) is 9.54. The monoisotopic (exact) mass is 490 g/mol. The third-order valence-electron chi connectivity index (χ3n) is 5.55. The highest BCUT2D eigenvalue weighted by Gasteiger charge is 2.34. The molecule has 7 nitrogen and oxygen atoms in total. The molecule has 0 unspecified atom stereocenters. The van der Waals surface area contributed by atoms with Crippen LogP contribution in [0.4, 0.5) is 5.69 Å². The van der Waals surface area contributed by atoms with Gasteiger partial charge in [0.25, 0.3) is 5.91 Å². The number of piperazine rings is 1. The zero-order chi connectivity index (χ0) is 22.8. The minimum Gasteiger partial charge on any atom is -0.334 e. The van der Waals surface area contributed by atoms with Crippen molar-refractivity contribution in [1.29, 1.82) is 0 Å². The molecular weight excluding hydrogens is 471 g/mol. The fraction of sp³-hybridized carbons (Fsp3) is 0.273. The van der Waals surface area contributed by atoms with E-state index in [9.17, 15) is 14.9 Å². The SMILES string of the molecule is Cc1snc(C(=O)N2CCN(C(c3ccc(Cl)cc3)c3ccc(Cl)cc3)CC2)c1[N+](=O)[O-]. The topological polar surface area (TPSA) is 79.6 Å². The average Bonchev–Trinajstić information content (AvgIpc) is 3.18. The number of rotatable bonds is 5. The first-order valence-corrected chi connectivity index (χ1v) is 11.5. The van der Waals surface area contributed by atoms with Gasteiger partial charge in [-0.2, -0.15) is 4.37 Å². The summed E-state index contributed by atoms with van der Waals surface area (Å²) >= 11 is 13.2. The van der Waals surface area contributed by atoms with Crippen molar-refractivity contribution in [1.82, 2.24) is 14.2 Å². The van der Waals surface area contributed by atoms with Gasteiger partial charge in [0.2, 0.25) is 5.69 Å². The summed E-state index contributed by atoms with van der Waals surface area (Å²) in [5.74, 6) is -0.393. The lowest BCUT2D eigenvalue weighted by Gasteiger charge is -2.39. The molecule has 2 aromatic carbocycles. The molecule has 0 bridgehead atoms. The van der Waals surface area contributed by atoms with Crippen LogP contribution in [0.5, 0.6) is 0 Å². The van der Waals surface area contributed by atoms with Crippen LogP contribution in [0.25, 0.3) is 0 Å². The summed E-state index contributed by atoms with van der Waals surface area (Å²) in [6.45, 7) is 3.72. The molecule has 32 heavy (non-hydrogen) atoms. The highest BCUT2D eigenvalue weighted by atomic mass is 35.5. The van der Waals surface area contributed by atoms with Gasteiger partial charge in [-0.25, -0.2) is 0 Å². The highest BCUT2D eigenvalue weighted by Crippen LogP contribution is 2.32. The maximum atomic E-state index is 12.9. The number of nitro groups is 1. The number of nitrogens with zero attached hydrogens (tertiary/aromatic N) is 4. The van der Waals surface area contributed by atoms with Crippen LogP contribution in [-0.4, -0.2) is 51.2 Å². The lowest BCUT2D eigenvalue weighted by Crippen LogP contribution is -2.50. The van der Waals surface area contributed by atoms with E-state index in [1.807, 2.05) is 48.5 Å².